The second-order valence-corrected chi connectivity index (χ2v) is 15.2. The van der Waals surface area contributed by atoms with E-state index < -0.39 is 23.0 Å². The van der Waals surface area contributed by atoms with Gasteiger partial charge in [0.1, 0.15) is 0 Å². The first-order valence-electron chi connectivity index (χ1n) is 10.6. The molecule has 0 atom stereocenters. The fourth-order valence-electron chi connectivity index (χ4n) is 2.34. The van der Waals surface area contributed by atoms with Crippen molar-refractivity contribution in [3.05, 3.63) is 100 Å². The summed E-state index contributed by atoms with van der Waals surface area (Å²) in [5, 5.41) is 42.0. The first-order valence-corrected chi connectivity index (χ1v) is 18.2. The molecule has 0 amide bonds. The van der Waals surface area contributed by atoms with E-state index in [1.54, 1.807) is 0 Å². The van der Waals surface area contributed by atoms with E-state index in [-0.39, 0.29) is 130 Å². The molecule has 0 unspecified atom stereocenters. The number of hydrogen-bond donors (Lipinski definition) is 2. The van der Waals surface area contributed by atoms with Gasteiger partial charge in [-0.2, -0.15) is 0 Å². The Morgan fingerprint density at radius 3 is 0.314 bits per heavy atom. The summed E-state index contributed by atoms with van der Waals surface area (Å²) in [5.74, 6) is -2.45. The average molecular weight is 1160 g/mol. The molecular weight excluding hydrogens is 1150 g/mol. The van der Waals surface area contributed by atoms with Crippen LogP contribution in [-0.2, 0) is 17.1 Å². The molecule has 6 nitrogen and oxygen atoms in total. The molecule has 0 heterocycles. The van der Waals surface area contributed by atoms with Crippen LogP contribution in [0.25, 0.3) is 0 Å². The molecule has 0 saturated carbocycles. The maximum atomic E-state index is 11.1. The molecule has 4 aromatic carbocycles. The molecule has 4 aromatic rings. The van der Waals surface area contributed by atoms with Gasteiger partial charge in [0, 0.05) is 0 Å². The predicted octanol–water partition coefficient (Wildman–Crippen LogP) is 16.9. The molecule has 0 fully saturated rings. The van der Waals surface area contributed by atoms with Gasteiger partial charge in [0.05, 0.1) is 100 Å². The van der Waals surface area contributed by atoms with Gasteiger partial charge in [-0.05, 0) is 0 Å². The van der Waals surface area contributed by atoms with Crippen molar-refractivity contribution in [3.8, 4) is 23.0 Å². The van der Waals surface area contributed by atoms with E-state index in [9.17, 15) is 20.4 Å². The minimum atomic E-state index is -0.613. The molecule has 0 aliphatic carbocycles. The van der Waals surface area contributed by atoms with Crippen molar-refractivity contribution in [2.75, 3.05) is 0 Å². The number of benzene rings is 4. The van der Waals surface area contributed by atoms with Crippen molar-refractivity contribution in [2.45, 2.75) is 0 Å². The van der Waals surface area contributed by atoms with Gasteiger partial charge >= 0.3 is 17.1 Å². The van der Waals surface area contributed by atoms with Crippen LogP contribution in [-0.4, -0.2) is 0 Å². The third-order valence-corrected chi connectivity index (χ3v) is 13.6. The molecule has 0 saturated heterocycles. The topological polar surface area (TPSA) is 165 Å². The number of rotatable bonds is 0. The van der Waals surface area contributed by atoms with Gasteiger partial charge in [0.15, 0.2) is 0 Å². The summed E-state index contributed by atoms with van der Waals surface area (Å²) in [4.78, 5) is 0. The third-order valence-electron chi connectivity index (χ3n) is 4.68. The first kappa shape index (κ1) is 57.6. The Morgan fingerprint density at radius 2 is 0.235 bits per heavy atom. The fourth-order valence-corrected chi connectivity index (χ4v) is 6.82. The maximum absolute atomic E-state index is 11.1. The van der Waals surface area contributed by atoms with Gasteiger partial charge in [-0.3, -0.25) is 0 Å². The molecule has 51 heavy (non-hydrogen) atoms. The number of hydrogen-bond acceptors (Lipinski definition) is 4. The van der Waals surface area contributed by atoms with Gasteiger partial charge in [0.25, 0.3) is 0 Å². The number of quaternary nitrogens is 2. The zero-order chi connectivity index (χ0) is 37.9. The Kier molecular flexibility index (Phi) is 28.2. The summed E-state index contributed by atoms with van der Waals surface area (Å²) in [5.41, 5.74) is 0. The molecule has 4 rings (SSSR count). The van der Waals surface area contributed by atoms with E-state index in [2.05, 4.69) is 0 Å². The Balaban J connectivity index is -0.000000591. The van der Waals surface area contributed by atoms with E-state index in [0.29, 0.717) is 0 Å². The molecule has 0 aliphatic heterocycles. The van der Waals surface area contributed by atoms with Gasteiger partial charge in [0.2, 0.25) is 0 Å². The molecule has 0 aromatic heterocycles. The van der Waals surface area contributed by atoms with Crippen molar-refractivity contribution in [1.82, 2.24) is 12.3 Å². The van der Waals surface area contributed by atoms with Crippen LogP contribution in [0.5, 0.6) is 23.0 Å². The second-order valence-electron chi connectivity index (χ2n) is 7.60. The van der Waals surface area contributed by atoms with Crippen molar-refractivity contribution in [2.24, 2.45) is 0 Å². The third kappa shape index (κ3) is 13.7. The van der Waals surface area contributed by atoms with Crippen molar-refractivity contribution in [1.29, 1.82) is 0 Å². The predicted molar refractivity (Wildman–Crippen MR) is 216 cm³/mol. The summed E-state index contributed by atoms with van der Waals surface area (Å²) in [6.07, 6.45) is 0. The van der Waals surface area contributed by atoms with E-state index >= 15 is 0 Å². The quantitative estimate of drug-likeness (QED) is 0.102. The van der Waals surface area contributed by atoms with Crippen LogP contribution in [0.15, 0.2) is 0 Å². The average Bonchev–Trinajstić information content (AvgIpc) is 3.08. The van der Waals surface area contributed by atoms with Crippen molar-refractivity contribution in [3.63, 3.8) is 0 Å². The van der Waals surface area contributed by atoms with Crippen LogP contribution in [0.1, 0.15) is 0 Å². The van der Waals surface area contributed by atoms with Gasteiger partial charge < -0.3 is 32.7 Å². The van der Waals surface area contributed by atoms with E-state index in [0.717, 1.165) is 0 Å². The summed E-state index contributed by atoms with van der Waals surface area (Å²) in [7, 11) is 0. The summed E-state index contributed by atoms with van der Waals surface area (Å²) in [6.45, 7) is 0. The molecule has 8 N–H and O–H groups in total. The smallest absolute Gasteiger partial charge is 0.870 e. The van der Waals surface area contributed by atoms with Crippen molar-refractivity contribution < 1.29 is 37.5 Å². The van der Waals surface area contributed by atoms with Crippen LogP contribution in [0.2, 0.25) is 100 Å². The maximum Gasteiger partial charge on any atom is 2.00 e. The normalized spacial score (nSPS) is 9.80. The van der Waals surface area contributed by atoms with Gasteiger partial charge in [-0.1, -0.05) is 255 Å². The van der Waals surface area contributed by atoms with Crippen LogP contribution in [0, 0.1) is 0 Å². The van der Waals surface area contributed by atoms with Gasteiger partial charge in [-0.15, -0.1) is 0 Å². The molecule has 0 spiro atoms. The minimum absolute atomic E-state index is 0. The van der Waals surface area contributed by atoms with E-state index in [1.165, 1.54) is 0 Å². The Hall–Kier alpha value is 2.32. The fraction of sp³-hybridized carbons (Fsp3) is 0. The second kappa shape index (κ2) is 24.9. The minimum Gasteiger partial charge on any atom is -0.870 e. The molecule has 1 radical (unpaired) electrons. The zero-order valence-corrected chi connectivity index (χ0v) is 39.6. The van der Waals surface area contributed by atoms with Gasteiger partial charge in [-0.25, -0.2) is 0 Å². The molecule has 0 aliphatic rings. The van der Waals surface area contributed by atoms with E-state index in [1.807, 2.05) is 0 Å². The molecule has 289 valence electrons. The Morgan fingerprint density at radius 1 is 0.176 bits per heavy atom. The van der Waals surface area contributed by atoms with E-state index in [4.69, 9.17) is 232 Å². The van der Waals surface area contributed by atoms with Crippen LogP contribution < -0.4 is 32.7 Å². The first-order chi connectivity index (χ1) is 21.9. The summed E-state index contributed by atoms with van der Waals surface area (Å²) >= 11 is 111. The zero-order valence-electron chi connectivity index (χ0n) is 23.5. The summed E-state index contributed by atoms with van der Waals surface area (Å²) < 4.78 is 0. The largest absolute Gasteiger partial charge is 2.00 e. The Labute approximate surface area is 400 Å². The molecule has 27 heteroatoms. The molecular formula is C24H8Cl20CuN2O4. The monoisotopic (exact) mass is 1150 g/mol. The van der Waals surface area contributed by atoms with Crippen molar-refractivity contribution >= 4 is 232 Å². The Bertz CT molecular complexity index is 1210. The van der Waals surface area contributed by atoms with Crippen LogP contribution in [0.3, 0.4) is 0 Å². The van der Waals surface area contributed by atoms with Crippen LogP contribution >= 0.6 is 232 Å². The number of halogens is 20. The van der Waals surface area contributed by atoms with Crippen LogP contribution in [0.4, 0.5) is 0 Å². The SMILES string of the molecule is [Cu+2].[NH4+].[NH4+].[O-]c1c(Cl)c(Cl)c(Cl)c(Cl)c1Cl.[O-]c1c(Cl)c(Cl)c(Cl)c(Cl)c1Cl.[O-]c1c(Cl)c(Cl)c(Cl)c(Cl)c1Cl.[O-]c1c(Cl)c(Cl)c(Cl)c(Cl)c1Cl. The standard InChI is InChI=1S/4C6HCl5O.Cu.2H3N/c4*7-1-2(8)4(10)6(12)5(11)3(1)9;;;/h4*12H;;2*1H3/q;;;;+2;;/p-2. The summed E-state index contributed by atoms with van der Waals surface area (Å²) in [6, 6.07) is 0. The molecule has 0 bridgehead atoms.